The summed E-state index contributed by atoms with van der Waals surface area (Å²) in [5, 5.41) is 5.57. The fraction of sp³-hybridized carbons (Fsp3) is 0.417. The van der Waals surface area contributed by atoms with Crippen LogP contribution in [0.25, 0.3) is 0 Å². The zero-order valence-corrected chi connectivity index (χ0v) is 18.1. The molecule has 0 aliphatic carbocycles. The Bertz CT molecular complexity index is 808. The van der Waals surface area contributed by atoms with Gasteiger partial charge in [0, 0.05) is 0 Å². The molecule has 0 radical (unpaired) electrons. The molecule has 0 saturated carbocycles. The topological polar surface area (TPSA) is 76.7 Å². The van der Waals surface area contributed by atoms with Crippen molar-refractivity contribution in [1.82, 2.24) is 10.6 Å². The number of carbonyl (C=O) groups is 2. The van der Waals surface area contributed by atoms with Gasteiger partial charge in [-0.05, 0) is 43.0 Å². The van der Waals surface area contributed by atoms with Crippen LogP contribution in [0.5, 0.6) is 11.5 Å². The monoisotopic (exact) mass is 412 g/mol. The SMILES string of the molecule is CCCOc1ccc(C(C)NC(=O)CNC(=O)Cc2ccccc2)cc1OCCC. The molecule has 2 amide bonds. The van der Waals surface area contributed by atoms with Crippen molar-refractivity contribution in [1.29, 1.82) is 0 Å². The van der Waals surface area contributed by atoms with E-state index in [1.54, 1.807) is 0 Å². The number of carbonyl (C=O) groups excluding carboxylic acids is 2. The molecule has 30 heavy (non-hydrogen) atoms. The number of hydrogen-bond acceptors (Lipinski definition) is 4. The molecule has 0 saturated heterocycles. The number of nitrogens with one attached hydrogen (secondary N) is 2. The van der Waals surface area contributed by atoms with E-state index in [4.69, 9.17) is 9.47 Å². The van der Waals surface area contributed by atoms with Crippen molar-refractivity contribution in [2.45, 2.75) is 46.1 Å². The lowest BCUT2D eigenvalue weighted by Gasteiger charge is -2.18. The Hall–Kier alpha value is -3.02. The van der Waals surface area contributed by atoms with Crippen molar-refractivity contribution in [2.75, 3.05) is 19.8 Å². The molecular formula is C24H32N2O4. The van der Waals surface area contributed by atoms with Gasteiger partial charge in [0.25, 0.3) is 0 Å². The van der Waals surface area contributed by atoms with Gasteiger partial charge in [-0.1, -0.05) is 50.2 Å². The van der Waals surface area contributed by atoms with E-state index < -0.39 is 0 Å². The van der Waals surface area contributed by atoms with E-state index in [1.807, 2.05) is 62.4 Å². The van der Waals surface area contributed by atoms with Crippen LogP contribution in [0.4, 0.5) is 0 Å². The maximum absolute atomic E-state index is 12.3. The van der Waals surface area contributed by atoms with Crippen molar-refractivity contribution in [3.8, 4) is 11.5 Å². The highest BCUT2D eigenvalue weighted by atomic mass is 16.5. The Balaban J connectivity index is 1.89. The van der Waals surface area contributed by atoms with E-state index in [1.165, 1.54) is 0 Å². The van der Waals surface area contributed by atoms with Gasteiger partial charge in [0.05, 0.1) is 32.2 Å². The van der Waals surface area contributed by atoms with Gasteiger partial charge in [0.15, 0.2) is 11.5 Å². The normalized spacial score (nSPS) is 11.4. The third-order valence-corrected chi connectivity index (χ3v) is 4.42. The molecular weight excluding hydrogens is 380 g/mol. The largest absolute Gasteiger partial charge is 0.490 e. The number of rotatable bonds is 12. The van der Waals surface area contributed by atoms with Crippen LogP contribution >= 0.6 is 0 Å². The highest BCUT2D eigenvalue weighted by Crippen LogP contribution is 2.31. The molecule has 162 valence electrons. The first kappa shape index (κ1) is 23.3. The Morgan fingerprint density at radius 3 is 2.23 bits per heavy atom. The molecule has 6 heteroatoms. The van der Waals surface area contributed by atoms with E-state index in [9.17, 15) is 9.59 Å². The van der Waals surface area contributed by atoms with Gasteiger partial charge in [0.2, 0.25) is 11.8 Å². The molecule has 0 heterocycles. The van der Waals surface area contributed by atoms with Crippen molar-refractivity contribution < 1.29 is 19.1 Å². The molecule has 1 unspecified atom stereocenters. The van der Waals surface area contributed by atoms with Crippen molar-refractivity contribution in [3.63, 3.8) is 0 Å². The Morgan fingerprint density at radius 2 is 1.57 bits per heavy atom. The van der Waals surface area contributed by atoms with Gasteiger partial charge in [-0.2, -0.15) is 0 Å². The Kier molecular flexibility index (Phi) is 9.71. The molecule has 2 rings (SSSR count). The molecule has 0 aliphatic heterocycles. The average molecular weight is 413 g/mol. The summed E-state index contributed by atoms with van der Waals surface area (Å²) < 4.78 is 11.6. The molecule has 0 aliphatic rings. The minimum absolute atomic E-state index is 0.0626. The van der Waals surface area contributed by atoms with Crippen LogP contribution in [0.3, 0.4) is 0 Å². The number of benzene rings is 2. The Labute approximate surface area is 179 Å². The third kappa shape index (κ3) is 7.78. The average Bonchev–Trinajstić information content (AvgIpc) is 2.75. The molecule has 0 aromatic heterocycles. The van der Waals surface area contributed by atoms with Crippen molar-refractivity contribution >= 4 is 11.8 Å². The smallest absolute Gasteiger partial charge is 0.239 e. The summed E-state index contributed by atoms with van der Waals surface area (Å²) in [5.41, 5.74) is 1.82. The van der Waals surface area contributed by atoms with E-state index in [0.717, 1.165) is 24.0 Å². The van der Waals surface area contributed by atoms with Crippen LogP contribution < -0.4 is 20.1 Å². The molecule has 1 atom stereocenters. The lowest BCUT2D eigenvalue weighted by atomic mass is 10.1. The van der Waals surface area contributed by atoms with Crippen LogP contribution in [-0.2, 0) is 16.0 Å². The zero-order chi connectivity index (χ0) is 21.8. The summed E-state index contributed by atoms with van der Waals surface area (Å²) in [4.78, 5) is 24.3. The van der Waals surface area contributed by atoms with E-state index in [2.05, 4.69) is 17.6 Å². The van der Waals surface area contributed by atoms with Gasteiger partial charge in [-0.25, -0.2) is 0 Å². The summed E-state index contributed by atoms with van der Waals surface area (Å²) in [6.07, 6.45) is 2.06. The zero-order valence-electron chi connectivity index (χ0n) is 18.1. The van der Waals surface area contributed by atoms with Crippen molar-refractivity contribution in [3.05, 3.63) is 59.7 Å². The van der Waals surface area contributed by atoms with E-state index in [-0.39, 0.29) is 30.8 Å². The number of hydrogen-bond donors (Lipinski definition) is 2. The number of ether oxygens (including phenoxy) is 2. The number of amides is 2. The van der Waals surface area contributed by atoms with Gasteiger partial charge >= 0.3 is 0 Å². The van der Waals surface area contributed by atoms with Crippen molar-refractivity contribution in [2.24, 2.45) is 0 Å². The highest BCUT2D eigenvalue weighted by Gasteiger charge is 2.14. The molecule has 0 spiro atoms. The molecule has 0 fully saturated rings. The fourth-order valence-corrected chi connectivity index (χ4v) is 2.85. The summed E-state index contributed by atoms with van der Waals surface area (Å²) in [7, 11) is 0. The second-order valence-corrected chi connectivity index (χ2v) is 7.13. The molecule has 2 N–H and O–H groups in total. The lowest BCUT2D eigenvalue weighted by Crippen LogP contribution is -2.38. The van der Waals surface area contributed by atoms with Crippen LogP contribution in [0, 0.1) is 0 Å². The lowest BCUT2D eigenvalue weighted by molar-refractivity contribution is -0.126. The fourth-order valence-electron chi connectivity index (χ4n) is 2.85. The first-order valence-corrected chi connectivity index (χ1v) is 10.5. The molecule has 0 bridgehead atoms. The van der Waals surface area contributed by atoms with Crippen LogP contribution in [0.1, 0.15) is 50.8 Å². The third-order valence-electron chi connectivity index (χ3n) is 4.42. The summed E-state index contributed by atoms with van der Waals surface area (Å²) >= 11 is 0. The first-order valence-electron chi connectivity index (χ1n) is 10.5. The van der Waals surface area contributed by atoms with Gasteiger partial charge in [-0.3, -0.25) is 9.59 Å². The maximum Gasteiger partial charge on any atom is 0.239 e. The second kappa shape index (κ2) is 12.5. The predicted molar refractivity (Wildman–Crippen MR) is 118 cm³/mol. The standard InChI is InChI=1S/C24H32N2O4/c1-4-13-29-21-12-11-20(16-22(21)30-14-5-2)18(3)26-24(28)17-25-23(27)15-19-9-7-6-8-10-19/h6-12,16,18H,4-5,13-15,17H2,1-3H3,(H,25,27)(H,26,28). The summed E-state index contributed by atoms with van der Waals surface area (Å²) in [5.74, 6) is 0.962. The van der Waals surface area contributed by atoms with E-state index >= 15 is 0 Å². The van der Waals surface area contributed by atoms with Gasteiger partial charge in [-0.15, -0.1) is 0 Å². The molecule has 2 aromatic rings. The summed E-state index contributed by atoms with van der Waals surface area (Å²) in [6, 6.07) is 14.9. The molecule has 2 aromatic carbocycles. The minimum Gasteiger partial charge on any atom is -0.490 e. The van der Waals surface area contributed by atoms with E-state index in [0.29, 0.717) is 24.7 Å². The summed E-state index contributed by atoms with van der Waals surface area (Å²) in [6.45, 7) is 7.15. The van der Waals surface area contributed by atoms with Crippen LogP contribution in [0.15, 0.2) is 48.5 Å². The quantitative estimate of drug-likeness (QED) is 0.556. The Morgan fingerprint density at radius 1 is 0.900 bits per heavy atom. The maximum atomic E-state index is 12.3. The highest BCUT2D eigenvalue weighted by molar-refractivity contribution is 5.85. The second-order valence-electron chi connectivity index (χ2n) is 7.13. The van der Waals surface area contributed by atoms with Crippen LogP contribution in [-0.4, -0.2) is 31.6 Å². The molecule has 6 nitrogen and oxygen atoms in total. The minimum atomic E-state index is -0.244. The van der Waals surface area contributed by atoms with Gasteiger partial charge in [0.1, 0.15) is 0 Å². The van der Waals surface area contributed by atoms with Crippen LogP contribution in [0.2, 0.25) is 0 Å². The predicted octanol–water partition coefficient (Wildman–Crippen LogP) is 3.80. The first-order chi connectivity index (χ1) is 14.5. The van der Waals surface area contributed by atoms with Gasteiger partial charge < -0.3 is 20.1 Å².